The van der Waals surface area contributed by atoms with Crippen LogP contribution in [0.1, 0.15) is 26.3 Å². The number of benzene rings is 1. The van der Waals surface area contributed by atoms with Gasteiger partial charge in [-0.2, -0.15) is 0 Å². The van der Waals surface area contributed by atoms with Crippen LogP contribution < -0.4 is 0 Å². The first-order valence-electron chi connectivity index (χ1n) is 4.56. The van der Waals surface area contributed by atoms with Crippen LogP contribution in [0, 0.1) is 5.41 Å². The van der Waals surface area contributed by atoms with Gasteiger partial charge in [-0.25, -0.2) is 0 Å². The summed E-state index contributed by atoms with van der Waals surface area (Å²) in [4.78, 5) is 0. The van der Waals surface area contributed by atoms with Crippen molar-refractivity contribution in [2.75, 3.05) is 0 Å². The van der Waals surface area contributed by atoms with Gasteiger partial charge in [0.1, 0.15) is 5.75 Å². The van der Waals surface area contributed by atoms with Crippen molar-refractivity contribution in [1.82, 2.24) is 0 Å². The summed E-state index contributed by atoms with van der Waals surface area (Å²) in [5.41, 5.74) is 1.07. The molecule has 1 nitrogen and oxygen atoms in total. The quantitative estimate of drug-likeness (QED) is 0.740. The molecule has 1 rings (SSSR count). The van der Waals surface area contributed by atoms with E-state index in [-0.39, 0.29) is 11.2 Å². The van der Waals surface area contributed by atoms with Crippen LogP contribution in [0.3, 0.4) is 0 Å². The van der Waals surface area contributed by atoms with Crippen molar-refractivity contribution in [2.45, 2.75) is 20.8 Å². The van der Waals surface area contributed by atoms with Crippen molar-refractivity contribution in [3.05, 3.63) is 34.9 Å². The average Bonchev–Trinajstić information content (AvgIpc) is 2.00. The summed E-state index contributed by atoms with van der Waals surface area (Å²) in [6.45, 7) is 6.37. The minimum absolute atomic E-state index is 0.140. The number of hydrogen-bond acceptors (Lipinski definition) is 1. The molecule has 0 aliphatic heterocycles. The van der Waals surface area contributed by atoms with Crippen molar-refractivity contribution in [2.24, 2.45) is 5.41 Å². The van der Waals surface area contributed by atoms with E-state index < -0.39 is 0 Å². The lowest BCUT2D eigenvalue weighted by Gasteiger charge is -2.11. The molecule has 1 aromatic carbocycles. The van der Waals surface area contributed by atoms with Crippen molar-refractivity contribution in [3.8, 4) is 5.75 Å². The largest absolute Gasteiger partial charge is 0.508 e. The molecule has 0 spiro atoms. The predicted molar refractivity (Wildman–Crippen MR) is 61.6 cm³/mol. The summed E-state index contributed by atoms with van der Waals surface area (Å²) in [7, 11) is 0. The maximum Gasteiger partial charge on any atom is 0.117 e. The van der Waals surface area contributed by atoms with Crippen LogP contribution >= 0.6 is 11.6 Å². The fraction of sp³-hybridized carbons (Fsp3) is 0.333. The Bertz CT molecular complexity index is 348. The zero-order valence-electron chi connectivity index (χ0n) is 8.71. The molecule has 0 saturated carbocycles. The van der Waals surface area contributed by atoms with Crippen molar-refractivity contribution < 1.29 is 5.11 Å². The third-order valence-corrected chi connectivity index (χ3v) is 2.07. The van der Waals surface area contributed by atoms with Crippen LogP contribution in [0.25, 0.3) is 6.08 Å². The molecule has 0 unspecified atom stereocenters. The lowest BCUT2D eigenvalue weighted by atomic mass is 9.95. The first kappa shape index (κ1) is 11.1. The minimum atomic E-state index is 0.140. The molecule has 0 atom stereocenters. The Morgan fingerprint density at radius 1 is 1.29 bits per heavy atom. The molecule has 0 heterocycles. The summed E-state index contributed by atoms with van der Waals surface area (Å²) in [5.74, 6) is 0.197. The monoisotopic (exact) mass is 210 g/mol. The highest BCUT2D eigenvalue weighted by atomic mass is 35.5. The Balaban J connectivity index is 2.93. The minimum Gasteiger partial charge on any atom is -0.508 e. The molecule has 1 aromatic rings. The molecule has 0 aromatic heterocycles. The average molecular weight is 211 g/mol. The van der Waals surface area contributed by atoms with E-state index in [1.54, 1.807) is 18.2 Å². The van der Waals surface area contributed by atoms with Crippen LogP contribution in [0.15, 0.2) is 24.3 Å². The maximum absolute atomic E-state index is 9.16. The van der Waals surface area contributed by atoms with E-state index in [0.717, 1.165) is 5.56 Å². The summed E-state index contributed by atoms with van der Waals surface area (Å²) >= 11 is 5.95. The molecule has 0 fully saturated rings. The number of phenolic OH excluding ortho intramolecular Hbond substituents is 1. The Hall–Kier alpha value is -0.950. The molecule has 1 N–H and O–H groups in total. The first-order chi connectivity index (χ1) is 6.38. The molecular formula is C12H15ClO. The van der Waals surface area contributed by atoms with Crippen molar-refractivity contribution in [3.63, 3.8) is 0 Å². The fourth-order valence-electron chi connectivity index (χ4n) is 0.991. The fourth-order valence-corrected chi connectivity index (χ4v) is 1.23. The van der Waals surface area contributed by atoms with Crippen molar-refractivity contribution in [1.29, 1.82) is 0 Å². The number of hydrogen-bond donors (Lipinski definition) is 1. The van der Waals surface area contributed by atoms with E-state index in [2.05, 4.69) is 26.8 Å². The second kappa shape index (κ2) is 4.05. The van der Waals surface area contributed by atoms with Gasteiger partial charge in [-0.05, 0) is 29.2 Å². The van der Waals surface area contributed by atoms with E-state index >= 15 is 0 Å². The molecule has 14 heavy (non-hydrogen) atoms. The second-order valence-electron chi connectivity index (χ2n) is 4.41. The predicted octanol–water partition coefficient (Wildman–Crippen LogP) is 4.10. The van der Waals surface area contributed by atoms with Crippen LogP contribution in [0.4, 0.5) is 0 Å². The molecule has 2 heteroatoms. The van der Waals surface area contributed by atoms with Gasteiger partial charge in [0, 0.05) is 0 Å². The third-order valence-electron chi connectivity index (χ3n) is 1.75. The summed E-state index contributed by atoms with van der Waals surface area (Å²) in [6, 6.07) is 4.98. The van der Waals surface area contributed by atoms with E-state index in [1.165, 1.54) is 0 Å². The molecule has 0 radical (unpaired) electrons. The van der Waals surface area contributed by atoms with Crippen molar-refractivity contribution >= 4 is 17.7 Å². The van der Waals surface area contributed by atoms with E-state index in [9.17, 15) is 0 Å². The number of aromatic hydroxyl groups is 1. The normalized spacial score (nSPS) is 12.3. The summed E-state index contributed by atoms with van der Waals surface area (Å²) < 4.78 is 0. The molecule has 0 aliphatic rings. The molecule has 0 amide bonds. The van der Waals surface area contributed by atoms with Gasteiger partial charge in [0.05, 0.1) is 5.02 Å². The number of rotatable bonds is 1. The summed E-state index contributed by atoms with van der Waals surface area (Å²) in [5, 5.41) is 9.73. The first-order valence-corrected chi connectivity index (χ1v) is 4.94. The standard InChI is InChI=1S/C12H15ClO/c1-12(2,3)7-6-9-4-5-10(14)8-11(9)13/h4-8,14H,1-3H3. The number of halogens is 1. The molecule has 0 bridgehead atoms. The SMILES string of the molecule is CC(C)(C)C=Cc1ccc(O)cc1Cl. The number of phenols is 1. The lowest BCUT2D eigenvalue weighted by Crippen LogP contribution is -1.97. The Labute approximate surface area is 90.0 Å². The van der Waals surface area contributed by atoms with Gasteiger partial charge < -0.3 is 5.11 Å². The van der Waals surface area contributed by atoms with Gasteiger partial charge in [0.25, 0.3) is 0 Å². The molecule has 0 aliphatic carbocycles. The van der Waals surface area contributed by atoms with E-state index in [1.807, 2.05) is 6.08 Å². The third kappa shape index (κ3) is 3.43. The van der Waals surface area contributed by atoms with E-state index in [0.29, 0.717) is 5.02 Å². The zero-order valence-corrected chi connectivity index (χ0v) is 9.47. The number of allylic oxidation sites excluding steroid dienone is 1. The van der Waals surface area contributed by atoms with Gasteiger partial charge in [-0.3, -0.25) is 0 Å². The highest BCUT2D eigenvalue weighted by molar-refractivity contribution is 6.32. The molecule has 0 saturated heterocycles. The second-order valence-corrected chi connectivity index (χ2v) is 4.81. The molecular weight excluding hydrogens is 196 g/mol. The maximum atomic E-state index is 9.16. The Morgan fingerprint density at radius 3 is 2.43 bits per heavy atom. The highest BCUT2D eigenvalue weighted by Crippen LogP contribution is 2.24. The van der Waals surface area contributed by atoms with Crippen LogP contribution in [-0.2, 0) is 0 Å². The zero-order chi connectivity index (χ0) is 10.8. The van der Waals surface area contributed by atoms with Gasteiger partial charge >= 0.3 is 0 Å². The van der Waals surface area contributed by atoms with Crippen LogP contribution in [0.5, 0.6) is 5.75 Å². The van der Waals surface area contributed by atoms with E-state index in [4.69, 9.17) is 16.7 Å². The van der Waals surface area contributed by atoms with Gasteiger partial charge in [-0.1, -0.05) is 44.5 Å². The van der Waals surface area contributed by atoms with Crippen LogP contribution in [0.2, 0.25) is 5.02 Å². The van der Waals surface area contributed by atoms with Gasteiger partial charge in [0.15, 0.2) is 0 Å². The smallest absolute Gasteiger partial charge is 0.117 e. The van der Waals surface area contributed by atoms with Gasteiger partial charge in [0.2, 0.25) is 0 Å². The Morgan fingerprint density at radius 2 is 1.93 bits per heavy atom. The highest BCUT2D eigenvalue weighted by Gasteiger charge is 2.04. The Kier molecular flexibility index (Phi) is 3.22. The molecule has 76 valence electrons. The van der Waals surface area contributed by atoms with Gasteiger partial charge in [-0.15, -0.1) is 0 Å². The lowest BCUT2D eigenvalue weighted by molar-refractivity contribution is 0.475. The summed E-state index contributed by atoms with van der Waals surface area (Å²) in [6.07, 6.45) is 4.06. The van der Waals surface area contributed by atoms with Crippen LogP contribution in [-0.4, -0.2) is 5.11 Å². The topological polar surface area (TPSA) is 20.2 Å².